The molecule has 5 nitrogen and oxygen atoms in total. The Morgan fingerprint density at radius 2 is 2.11 bits per heavy atom. The molecule has 0 bridgehead atoms. The standard InChI is InChI=1S/C12H10BrClN4O/c13-8-2-1-6(3-9(8)14)18-11-4-7(12(16)19)10(15)5-17-11/h1-5H,15H2,(H2,16,19)(H,17,18). The van der Waals surface area contributed by atoms with Crippen molar-refractivity contribution in [3.63, 3.8) is 0 Å². The van der Waals surface area contributed by atoms with Crippen LogP contribution in [0, 0.1) is 0 Å². The first-order valence-electron chi connectivity index (χ1n) is 5.25. The Bertz CT molecular complexity index is 648. The number of hydrogen-bond donors (Lipinski definition) is 3. The number of pyridine rings is 1. The van der Waals surface area contributed by atoms with Crippen LogP contribution in [0.25, 0.3) is 0 Å². The van der Waals surface area contributed by atoms with E-state index in [0.717, 1.165) is 10.2 Å². The first-order chi connectivity index (χ1) is 8.97. The third-order valence-electron chi connectivity index (χ3n) is 2.39. The van der Waals surface area contributed by atoms with E-state index in [4.69, 9.17) is 23.1 Å². The van der Waals surface area contributed by atoms with Crippen LogP contribution in [-0.2, 0) is 0 Å². The number of carbonyl (C=O) groups is 1. The molecule has 0 spiro atoms. The van der Waals surface area contributed by atoms with Crippen molar-refractivity contribution in [2.75, 3.05) is 11.1 Å². The van der Waals surface area contributed by atoms with Gasteiger partial charge >= 0.3 is 0 Å². The van der Waals surface area contributed by atoms with Gasteiger partial charge in [-0.05, 0) is 40.2 Å². The van der Waals surface area contributed by atoms with E-state index in [1.807, 2.05) is 6.07 Å². The highest BCUT2D eigenvalue weighted by molar-refractivity contribution is 9.10. The average molecular weight is 342 g/mol. The second kappa shape index (κ2) is 5.46. The van der Waals surface area contributed by atoms with E-state index in [2.05, 4.69) is 26.2 Å². The topological polar surface area (TPSA) is 94.0 Å². The first kappa shape index (κ1) is 13.6. The van der Waals surface area contributed by atoms with Crippen LogP contribution in [0.3, 0.4) is 0 Å². The van der Waals surface area contributed by atoms with Crippen LogP contribution in [0.5, 0.6) is 0 Å². The summed E-state index contributed by atoms with van der Waals surface area (Å²) in [6.07, 6.45) is 1.38. The molecule has 98 valence electrons. The first-order valence-corrected chi connectivity index (χ1v) is 6.42. The van der Waals surface area contributed by atoms with Crippen molar-refractivity contribution in [1.82, 2.24) is 4.98 Å². The van der Waals surface area contributed by atoms with Gasteiger partial charge in [-0.1, -0.05) is 11.6 Å². The fraction of sp³-hybridized carbons (Fsp3) is 0. The minimum atomic E-state index is -0.600. The molecular formula is C12H10BrClN4O. The molecular weight excluding hydrogens is 332 g/mol. The predicted octanol–water partition coefficient (Wildman–Crippen LogP) is 2.92. The van der Waals surface area contributed by atoms with Gasteiger partial charge in [-0.3, -0.25) is 4.79 Å². The molecule has 2 rings (SSSR count). The molecule has 0 radical (unpaired) electrons. The van der Waals surface area contributed by atoms with Crippen LogP contribution in [0.15, 0.2) is 34.9 Å². The number of rotatable bonds is 3. The lowest BCUT2D eigenvalue weighted by Gasteiger charge is -2.08. The number of nitrogens with one attached hydrogen (secondary N) is 1. The Balaban J connectivity index is 2.30. The second-order valence-corrected chi connectivity index (χ2v) is 5.04. The van der Waals surface area contributed by atoms with Gasteiger partial charge in [-0.2, -0.15) is 0 Å². The highest BCUT2D eigenvalue weighted by Crippen LogP contribution is 2.27. The molecule has 1 heterocycles. The molecule has 0 unspecified atom stereocenters. The predicted molar refractivity (Wildman–Crippen MR) is 79.6 cm³/mol. The number of primary amides is 1. The van der Waals surface area contributed by atoms with Gasteiger partial charge < -0.3 is 16.8 Å². The zero-order chi connectivity index (χ0) is 14.0. The van der Waals surface area contributed by atoms with Crippen LogP contribution in [0.4, 0.5) is 17.2 Å². The van der Waals surface area contributed by atoms with Crippen molar-refractivity contribution in [3.8, 4) is 0 Å². The molecule has 0 aliphatic rings. The number of nitrogens with two attached hydrogens (primary N) is 2. The second-order valence-electron chi connectivity index (χ2n) is 3.77. The molecule has 1 amide bonds. The van der Waals surface area contributed by atoms with Gasteiger partial charge in [-0.25, -0.2) is 4.98 Å². The van der Waals surface area contributed by atoms with Gasteiger partial charge in [0, 0.05) is 10.2 Å². The molecule has 7 heteroatoms. The van der Waals surface area contributed by atoms with Crippen molar-refractivity contribution in [3.05, 3.63) is 45.5 Å². The van der Waals surface area contributed by atoms with E-state index in [-0.39, 0.29) is 11.3 Å². The number of anilines is 3. The Morgan fingerprint density at radius 3 is 2.74 bits per heavy atom. The van der Waals surface area contributed by atoms with Crippen LogP contribution in [0.1, 0.15) is 10.4 Å². The van der Waals surface area contributed by atoms with Gasteiger partial charge in [-0.15, -0.1) is 0 Å². The zero-order valence-corrected chi connectivity index (χ0v) is 12.0. The maximum absolute atomic E-state index is 11.2. The molecule has 0 saturated heterocycles. The summed E-state index contributed by atoms with van der Waals surface area (Å²) in [5.74, 6) is -0.141. The van der Waals surface area contributed by atoms with Gasteiger partial charge in [0.15, 0.2) is 0 Å². The quantitative estimate of drug-likeness (QED) is 0.800. The molecule has 0 atom stereocenters. The summed E-state index contributed by atoms with van der Waals surface area (Å²) in [6.45, 7) is 0. The van der Waals surface area contributed by atoms with Gasteiger partial charge in [0.2, 0.25) is 0 Å². The molecule has 0 aliphatic carbocycles. The van der Waals surface area contributed by atoms with Crippen LogP contribution >= 0.6 is 27.5 Å². The number of hydrogen-bond acceptors (Lipinski definition) is 4. The normalized spacial score (nSPS) is 10.2. The number of amides is 1. The highest BCUT2D eigenvalue weighted by atomic mass is 79.9. The van der Waals surface area contributed by atoms with E-state index < -0.39 is 5.91 Å². The fourth-order valence-electron chi connectivity index (χ4n) is 1.47. The summed E-state index contributed by atoms with van der Waals surface area (Å²) in [7, 11) is 0. The largest absolute Gasteiger partial charge is 0.397 e. The minimum absolute atomic E-state index is 0.223. The Hall–Kier alpha value is -1.79. The van der Waals surface area contributed by atoms with Crippen molar-refractivity contribution in [2.45, 2.75) is 0 Å². The lowest BCUT2D eigenvalue weighted by Crippen LogP contribution is -2.14. The number of carbonyl (C=O) groups excluding carboxylic acids is 1. The Morgan fingerprint density at radius 1 is 1.37 bits per heavy atom. The lowest BCUT2D eigenvalue weighted by molar-refractivity contribution is 0.100. The van der Waals surface area contributed by atoms with E-state index >= 15 is 0 Å². The van der Waals surface area contributed by atoms with Crippen LogP contribution in [-0.4, -0.2) is 10.9 Å². The summed E-state index contributed by atoms with van der Waals surface area (Å²) in [5, 5.41) is 3.58. The molecule has 0 fully saturated rings. The number of halogens is 2. The maximum atomic E-state index is 11.2. The number of aromatic nitrogens is 1. The Kier molecular flexibility index (Phi) is 3.92. The van der Waals surface area contributed by atoms with Gasteiger partial charge in [0.1, 0.15) is 5.82 Å². The van der Waals surface area contributed by atoms with E-state index in [0.29, 0.717) is 10.8 Å². The number of benzene rings is 1. The zero-order valence-electron chi connectivity index (χ0n) is 9.65. The van der Waals surface area contributed by atoms with Crippen molar-refractivity contribution in [2.24, 2.45) is 5.73 Å². The summed E-state index contributed by atoms with van der Waals surface area (Å²) in [5.41, 5.74) is 12.0. The Labute approximate surface area is 123 Å². The van der Waals surface area contributed by atoms with Crippen LogP contribution in [0.2, 0.25) is 5.02 Å². The van der Waals surface area contributed by atoms with Crippen LogP contribution < -0.4 is 16.8 Å². The third kappa shape index (κ3) is 3.15. The number of nitrogen functional groups attached to an aromatic ring is 1. The highest BCUT2D eigenvalue weighted by Gasteiger charge is 2.08. The summed E-state index contributed by atoms with van der Waals surface area (Å²) >= 11 is 9.29. The molecule has 1 aromatic carbocycles. The summed E-state index contributed by atoms with van der Waals surface area (Å²) < 4.78 is 0.794. The SMILES string of the molecule is NC(=O)c1cc(Nc2ccc(Br)c(Cl)c2)ncc1N. The van der Waals surface area contributed by atoms with E-state index in [1.54, 1.807) is 12.1 Å². The summed E-state index contributed by atoms with van der Waals surface area (Å²) in [6, 6.07) is 6.84. The smallest absolute Gasteiger partial charge is 0.250 e. The fourth-order valence-corrected chi connectivity index (χ4v) is 1.90. The average Bonchev–Trinajstić information content (AvgIpc) is 2.36. The molecule has 1 aromatic heterocycles. The molecule has 2 aromatic rings. The van der Waals surface area contributed by atoms with E-state index in [9.17, 15) is 4.79 Å². The van der Waals surface area contributed by atoms with Crippen molar-refractivity contribution >= 4 is 50.6 Å². The number of nitrogens with zero attached hydrogens (tertiary/aromatic N) is 1. The molecule has 0 saturated carbocycles. The van der Waals surface area contributed by atoms with Crippen molar-refractivity contribution < 1.29 is 4.79 Å². The molecule has 5 N–H and O–H groups in total. The lowest BCUT2D eigenvalue weighted by atomic mass is 10.2. The molecule has 19 heavy (non-hydrogen) atoms. The third-order valence-corrected chi connectivity index (χ3v) is 3.62. The molecule has 0 aliphatic heterocycles. The van der Waals surface area contributed by atoms with Crippen molar-refractivity contribution in [1.29, 1.82) is 0 Å². The van der Waals surface area contributed by atoms with Gasteiger partial charge in [0.25, 0.3) is 5.91 Å². The van der Waals surface area contributed by atoms with E-state index in [1.165, 1.54) is 12.3 Å². The monoisotopic (exact) mass is 340 g/mol. The van der Waals surface area contributed by atoms with Gasteiger partial charge in [0.05, 0.1) is 22.5 Å². The maximum Gasteiger partial charge on any atom is 0.250 e. The minimum Gasteiger partial charge on any atom is -0.397 e. The summed E-state index contributed by atoms with van der Waals surface area (Å²) in [4.78, 5) is 15.3.